The second kappa shape index (κ2) is 3.89. The molecule has 1 amide bonds. The van der Waals surface area contributed by atoms with Crippen LogP contribution in [0.5, 0.6) is 0 Å². The van der Waals surface area contributed by atoms with E-state index in [9.17, 15) is 4.79 Å². The lowest BCUT2D eigenvalue weighted by Gasteiger charge is -2.12. The molecule has 0 aromatic heterocycles. The van der Waals surface area contributed by atoms with Crippen molar-refractivity contribution in [3.63, 3.8) is 0 Å². The zero-order chi connectivity index (χ0) is 8.15. The average Bonchev–Trinajstić information content (AvgIpc) is 1.81. The Morgan fingerprint density at radius 3 is 2.30 bits per heavy atom. The third-order valence-corrected chi connectivity index (χ3v) is 1.48. The zero-order valence-electron chi connectivity index (χ0n) is 6.29. The standard InChI is InChI=1S/C7H12N2O/c1-5(2)6(3-4-8)7(9)10/h5-6H,3H2,1-2H3,(H2,9,10). The molecule has 0 bridgehead atoms. The summed E-state index contributed by atoms with van der Waals surface area (Å²) in [7, 11) is 0. The predicted octanol–water partition coefficient (Wildman–Crippen LogP) is 0.658. The highest BCUT2D eigenvalue weighted by Gasteiger charge is 2.18. The van der Waals surface area contributed by atoms with Crippen LogP contribution in [-0.2, 0) is 4.79 Å². The van der Waals surface area contributed by atoms with E-state index in [-0.39, 0.29) is 24.2 Å². The molecule has 0 aromatic carbocycles. The van der Waals surface area contributed by atoms with E-state index in [1.54, 1.807) is 0 Å². The molecule has 0 aliphatic heterocycles. The van der Waals surface area contributed by atoms with Gasteiger partial charge in [-0.3, -0.25) is 4.79 Å². The quantitative estimate of drug-likeness (QED) is 0.625. The summed E-state index contributed by atoms with van der Waals surface area (Å²) >= 11 is 0. The lowest BCUT2D eigenvalue weighted by Crippen LogP contribution is -2.26. The summed E-state index contributed by atoms with van der Waals surface area (Å²) in [5.74, 6) is -0.501. The molecule has 0 saturated heterocycles. The van der Waals surface area contributed by atoms with E-state index in [1.165, 1.54) is 0 Å². The van der Waals surface area contributed by atoms with E-state index in [2.05, 4.69) is 0 Å². The first-order valence-electron chi connectivity index (χ1n) is 3.25. The molecule has 0 rings (SSSR count). The SMILES string of the molecule is CC(C)C(CC#N)C(N)=O. The Labute approximate surface area is 60.8 Å². The van der Waals surface area contributed by atoms with Crippen molar-refractivity contribution >= 4 is 5.91 Å². The van der Waals surface area contributed by atoms with E-state index < -0.39 is 0 Å². The van der Waals surface area contributed by atoms with E-state index >= 15 is 0 Å². The van der Waals surface area contributed by atoms with Crippen LogP contribution in [-0.4, -0.2) is 5.91 Å². The molecule has 1 atom stereocenters. The van der Waals surface area contributed by atoms with Gasteiger partial charge in [-0.2, -0.15) is 5.26 Å². The maximum Gasteiger partial charge on any atom is 0.221 e. The molecule has 10 heavy (non-hydrogen) atoms. The number of nitrogens with two attached hydrogens (primary N) is 1. The number of amides is 1. The summed E-state index contributed by atoms with van der Waals surface area (Å²) in [5, 5.41) is 8.28. The van der Waals surface area contributed by atoms with Gasteiger partial charge < -0.3 is 5.73 Å². The zero-order valence-corrected chi connectivity index (χ0v) is 6.29. The van der Waals surface area contributed by atoms with E-state index in [1.807, 2.05) is 19.9 Å². The lowest BCUT2D eigenvalue weighted by atomic mass is 9.93. The normalized spacial score (nSPS) is 12.6. The number of carbonyl (C=O) groups is 1. The molecule has 0 aliphatic rings. The number of nitrogens with zero attached hydrogens (tertiary/aromatic N) is 1. The van der Waals surface area contributed by atoms with Crippen molar-refractivity contribution in [2.75, 3.05) is 0 Å². The van der Waals surface area contributed by atoms with Crippen molar-refractivity contribution in [3.05, 3.63) is 0 Å². The predicted molar refractivity (Wildman–Crippen MR) is 37.8 cm³/mol. The largest absolute Gasteiger partial charge is 0.369 e. The Hall–Kier alpha value is -1.04. The number of nitriles is 1. The summed E-state index contributed by atoms with van der Waals surface area (Å²) in [6, 6.07) is 1.93. The van der Waals surface area contributed by atoms with Crippen molar-refractivity contribution in [2.45, 2.75) is 20.3 Å². The molecule has 0 heterocycles. The maximum absolute atomic E-state index is 10.6. The van der Waals surface area contributed by atoms with Gasteiger partial charge in [0.2, 0.25) is 5.91 Å². The first kappa shape index (κ1) is 8.96. The monoisotopic (exact) mass is 140 g/mol. The summed E-state index contributed by atoms with van der Waals surface area (Å²) in [6.45, 7) is 3.76. The van der Waals surface area contributed by atoms with E-state index in [0.717, 1.165) is 0 Å². The van der Waals surface area contributed by atoms with Gasteiger partial charge in [-0.1, -0.05) is 13.8 Å². The fourth-order valence-corrected chi connectivity index (χ4v) is 0.763. The van der Waals surface area contributed by atoms with Crippen LogP contribution in [0.3, 0.4) is 0 Å². The molecule has 3 nitrogen and oxygen atoms in total. The van der Waals surface area contributed by atoms with Crippen LogP contribution in [0.25, 0.3) is 0 Å². The summed E-state index contributed by atoms with van der Waals surface area (Å²) in [5.41, 5.74) is 5.03. The molecule has 0 radical (unpaired) electrons. The Balaban J connectivity index is 4.01. The van der Waals surface area contributed by atoms with Crippen molar-refractivity contribution in [2.24, 2.45) is 17.6 Å². The minimum Gasteiger partial charge on any atom is -0.369 e. The Morgan fingerprint density at radius 1 is 1.70 bits per heavy atom. The molecule has 2 N–H and O–H groups in total. The molecular formula is C7H12N2O. The highest BCUT2D eigenvalue weighted by atomic mass is 16.1. The molecule has 0 aliphatic carbocycles. The molecule has 1 unspecified atom stereocenters. The highest BCUT2D eigenvalue weighted by molar-refractivity contribution is 5.77. The van der Waals surface area contributed by atoms with Crippen LogP contribution >= 0.6 is 0 Å². The topological polar surface area (TPSA) is 66.9 Å². The van der Waals surface area contributed by atoms with Gasteiger partial charge in [0.1, 0.15) is 0 Å². The van der Waals surface area contributed by atoms with Gasteiger partial charge in [0.25, 0.3) is 0 Å². The molecule has 3 heteroatoms. The summed E-state index contributed by atoms with van der Waals surface area (Å²) in [6.07, 6.45) is 0.229. The van der Waals surface area contributed by atoms with Crippen molar-refractivity contribution in [1.82, 2.24) is 0 Å². The third kappa shape index (κ3) is 2.49. The minimum atomic E-state index is -0.378. The first-order valence-corrected chi connectivity index (χ1v) is 3.25. The van der Waals surface area contributed by atoms with Crippen molar-refractivity contribution < 1.29 is 4.79 Å². The van der Waals surface area contributed by atoms with Crippen LogP contribution in [0.1, 0.15) is 20.3 Å². The van der Waals surface area contributed by atoms with Gasteiger partial charge in [-0.15, -0.1) is 0 Å². The average molecular weight is 140 g/mol. The summed E-state index contributed by atoms with van der Waals surface area (Å²) < 4.78 is 0. The van der Waals surface area contributed by atoms with Crippen LogP contribution < -0.4 is 5.73 Å². The third-order valence-electron chi connectivity index (χ3n) is 1.48. The van der Waals surface area contributed by atoms with Crippen LogP contribution in [0.15, 0.2) is 0 Å². The second-order valence-electron chi connectivity index (χ2n) is 2.62. The van der Waals surface area contributed by atoms with Gasteiger partial charge in [0.05, 0.1) is 12.0 Å². The molecule has 0 spiro atoms. The Bertz CT molecular complexity index is 157. The summed E-state index contributed by atoms with van der Waals surface area (Å²) in [4.78, 5) is 10.6. The van der Waals surface area contributed by atoms with E-state index in [0.29, 0.717) is 0 Å². The van der Waals surface area contributed by atoms with Gasteiger partial charge in [0.15, 0.2) is 0 Å². The van der Waals surface area contributed by atoms with Gasteiger partial charge in [0, 0.05) is 6.42 Å². The molecule has 0 saturated carbocycles. The molecular weight excluding hydrogens is 128 g/mol. The number of hydrogen-bond donors (Lipinski definition) is 1. The van der Waals surface area contributed by atoms with Crippen molar-refractivity contribution in [1.29, 1.82) is 5.26 Å². The van der Waals surface area contributed by atoms with Crippen LogP contribution in [0, 0.1) is 23.2 Å². The fourth-order valence-electron chi connectivity index (χ4n) is 0.763. The second-order valence-corrected chi connectivity index (χ2v) is 2.62. The number of rotatable bonds is 3. The highest BCUT2D eigenvalue weighted by Crippen LogP contribution is 2.13. The molecule has 56 valence electrons. The minimum absolute atomic E-state index is 0.164. The van der Waals surface area contributed by atoms with Crippen LogP contribution in [0.4, 0.5) is 0 Å². The number of hydrogen-bond acceptors (Lipinski definition) is 2. The van der Waals surface area contributed by atoms with Gasteiger partial charge in [-0.25, -0.2) is 0 Å². The van der Waals surface area contributed by atoms with E-state index in [4.69, 9.17) is 11.0 Å². The Kier molecular flexibility index (Phi) is 3.48. The molecule has 0 aromatic rings. The lowest BCUT2D eigenvalue weighted by molar-refractivity contribution is -0.122. The van der Waals surface area contributed by atoms with Gasteiger partial charge >= 0.3 is 0 Å². The molecule has 0 fully saturated rings. The Morgan fingerprint density at radius 2 is 2.20 bits per heavy atom. The van der Waals surface area contributed by atoms with Crippen LogP contribution in [0.2, 0.25) is 0 Å². The number of carbonyl (C=O) groups excluding carboxylic acids is 1. The number of primary amides is 1. The maximum atomic E-state index is 10.6. The fraction of sp³-hybridized carbons (Fsp3) is 0.714. The first-order chi connectivity index (χ1) is 4.59. The van der Waals surface area contributed by atoms with Gasteiger partial charge in [-0.05, 0) is 5.92 Å². The van der Waals surface area contributed by atoms with Crippen molar-refractivity contribution in [3.8, 4) is 6.07 Å². The smallest absolute Gasteiger partial charge is 0.221 e.